The molecule has 0 aliphatic carbocycles. The van der Waals surface area contributed by atoms with Gasteiger partial charge in [0.05, 0.1) is 4.77 Å². The summed E-state index contributed by atoms with van der Waals surface area (Å²) in [5, 5.41) is 41.8. The van der Waals surface area contributed by atoms with Gasteiger partial charge in [-0.2, -0.15) is 0 Å². The Balaban J connectivity index is 7.21. The average molecular weight is 522 g/mol. The Hall–Kier alpha value is 1.13. The minimum absolute atomic E-state index is 0.136. The summed E-state index contributed by atoms with van der Waals surface area (Å²) >= 11 is 26.1. The monoisotopic (exact) mass is 520 g/mol. The van der Waals surface area contributed by atoms with Crippen molar-refractivity contribution in [3.05, 3.63) is 0 Å². The number of halogens is 4. The normalized spacial score (nSPS) is 16.6. The Labute approximate surface area is 210 Å². The third-order valence-corrected chi connectivity index (χ3v) is 8.10. The maximum Gasteiger partial charge on any atom is 0.474 e. The van der Waals surface area contributed by atoms with Crippen molar-refractivity contribution < 1.29 is 20.1 Å². The van der Waals surface area contributed by atoms with E-state index in [0.717, 1.165) is 38.5 Å². The van der Waals surface area contributed by atoms with Crippen LogP contribution in [0.1, 0.15) is 111 Å². The van der Waals surface area contributed by atoms with Crippen molar-refractivity contribution in [1.82, 2.24) is 0 Å². The Morgan fingerprint density at radius 1 is 0.581 bits per heavy atom. The third kappa shape index (κ3) is 8.09. The number of alkyl halides is 4. The molecule has 0 aliphatic rings. The van der Waals surface area contributed by atoms with E-state index >= 15 is 0 Å². The van der Waals surface area contributed by atoms with Gasteiger partial charge in [0, 0.05) is 5.31 Å². The summed E-state index contributed by atoms with van der Waals surface area (Å²) in [6, 6.07) is 0. The van der Waals surface area contributed by atoms with Crippen LogP contribution in [0.4, 0.5) is 0 Å². The lowest BCUT2D eigenvalue weighted by Gasteiger charge is -2.59. The number of unbranched alkanes of at least 4 members (excludes halogenated alkanes) is 4. The molecule has 0 aromatic heterocycles. The molecule has 0 saturated heterocycles. The fourth-order valence-corrected chi connectivity index (χ4v) is 6.50. The molecule has 4 nitrogen and oxygen atoms in total. The predicted octanol–water partition coefficient (Wildman–Crippen LogP) is 6.70. The quantitative estimate of drug-likeness (QED) is 0.127. The highest BCUT2D eigenvalue weighted by Gasteiger charge is 2.69. The van der Waals surface area contributed by atoms with Crippen LogP contribution in [0.15, 0.2) is 0 Å². The van der Waals surface area contributed by atoms with E-state index in [2.05, 4.69) is 0 Å². The van der Waals surface area contributed by atoms with Gasteiger partial charge in [-0.1, -0.05) is 114 Å². The van der Waals surface area contributed by atoms with Gasteiger partial charge >= 0.3 is 14.2 Å². The lowest BCUT2D eigenvalue weighted by molar-refractivity contribution is 0.0491. The first-order chi connectivity index (χ1) is 14.3. The van der Waals surface area contributed by atoms with Gasteiger partial charge in [-0.3, -0.25) is 0 Å². The summed E-state index contributed by atoms with van der Waals surface area (Å²) in [6.45, 7) is 8.10. The molecule has 0 spiro atoms. The summed E-state index contributed by atoms with van der Waals surface area (Å²) in [6.07, 6.45) is 7.60. The summed E-state index contributed by atoms with van der Waals surface area (Å²) in [7, 11) is -3.69. The van der Waals surface area contributed by atoms with Gasteiger partial charge in [0.15, 0.2) is 3.79 Å². The third-order valence-electron chi connectivity index (χ3n) is 6.95. The van der Waals surface area contributed by atoms with E-state index in [-0.39, 0.29) is 6.42 Å². The van der Waals surface area contributed by atoms with Crippen LogP contribution in [0.5, 0.6) is 0 Å². The van der Waals surface area contributed by atoms with Crippen LogP contribution in [-0.4, -0.2) is 42.9 Å². The van der Waals surface area contributed by atoms with E-state index in [0.29, 0.717) is 38.5 Å². The van der Waals surface area contributed by atoms with Crippen molar-refractivity contribution in [2.45, 2.75) is 125 Å². The molecule has 0 amide bonds. The molecule has 0 fully saturated rings. The molecular formula is C21H42B2Cl4O4. The first kappa shape index (κ1) is 32.1. The van der Waals surface area contributed by atoms with Crippen molar-refractivity contribution >= 4 is 60.6 Å². The molecule has 0 saturated carbocycles. The molecule has 2 unspecified atom stereocenters. The zero-order valence-corrected chi connectivity index (χ0v) is 22.7. The van der Waals surface area contributed by atoms with Crippen molar-refractivity contribution in [1.29, 1.82) is 0 Å². The standard InChI is InChI=1S/C21H42B2Cl4O4/c1-5-9-13-18(14-10-6-2,20(24,23(30)31)16-12-8-4)19(22(28)29,15-11-7-3)17-21(25,26)27/h28-31H,5-17H2,1-4H3. The van der Waals surface area contributed by atoms with Gasteiger partial charge in [0.1, 0.15) is 0 Å². The van der Waals surface area contributed by atoms with Gasteiger partial charge in [0.2, 0.25) is 0 Å². The van der Waals surface area contributed by atoms with Gasteiger partial charge in [-0.15, -0.1) is 11.6 Å². The van der Waals surface area contributed by atoms with E-state index < -0.39 is 33.5 Å². The van der Waals surface area contributed by atoms with E-state index in [1.807, 2.05) is 27.7 Å². The smallest absolute Gasteiger partial charge is 0.427 e. The molecule has 0 rings (SSSR count). The topological polar surface area (TPSA) is 80.9 Å². The summed E-state index contributed by atoms with van der Waals surface area (Å²) < 4.78 is -3.27. The van der Waals surface area contributed by atoms with Crippen LogP contribution >= 0.6 is 46.4 Å². The zero-order valence-electron chi connectivity index (χ0n) is 19.6. The molecule has 0 aromatic rings. The fourth-order valence-electron chi connectivity index (χ4n) is 5.27. The molecular weight excluding hydrogens is 480 g/mol. The molecule has 0 bridgehead atoms. The van der Waals surface area contributed by atoms with Gasteiger partial charge in [-0.05, 0) is 37.5 Å². The predicted molar refractivity (Wildman–Crippen MR) is 137 cm³/mol. The second-order valence-electron chi connectivity index (χ2n) is 9.05. The Bertz CT molecular complexity index is 486. The first-order valence-electron chi connectivity index (χ1n) is 11.8. The molecule has 10 heteroatoms. The summed E-state index contributed by atoms with van der Waals surface area (Å²) in [5.74, 6) is 0. The lowest BCUT2D eigenvalue weighted by Crippen LogP contribution is -2.64. The highest BCUT2D eigenvalue weighted by Crippen LogP contribution is 2.69. The largest absolute Gasteiger partial charge is 0.474 e. The van der Waals surface area contributed by atoms with E-state index in [1.54, 1.807) is 0 Å². The van der Waals surface area contributed by atoms with E-state index in [1.165, 1.54) is 0 Å². The Kier molecular flexibility index (Phi) is 15.0. The van der Waals surface area contributed by atoms with Gasteiger partial charge in [0.25, 0.3) is 0 Å². The maximum atomic E-state index is 10.9. The fraction of sp³-hybridized carbons (Fsp3) is 1.00. The molecule has 31 heavy (non-hydrogen) atoms. The second kappa shape index (κ2) is 14.5. The van der Waals surface area contributed by atoms with Crippen molar-refractivity contribution in [3.8, 4) is 0 Å². The Morgan fingerprint density at radius 2 is 0.968 bits per heavy atom. The van der Waals surface area contributed by atoms with Crippen LogP contribution < -0.4 is 0 Å². The highest BCUT2D eigenvalue weighted by molar-refractivity contribution is 6.68. The van der Waals surface area contributed by atoms with Crippen LogP contribution in [0.2, 0.25) is 5.31 Å². The molecule has 0 heterocycles. The molecule has 4 N–H and O–H groups in total. The number of hydrogen-bond donors (Lipinski definition) is 4. The van der Waals surface area contributed by atoms with Crippen LogP contribution in [0.25, 0.3) is 0 Å². The zero-order chi connectivity index (χ0) is 24.3. The average Bonchev–Trinajstić information content (AvgIpc) is 2.68. The Morgan fingerprint density at radius 3 is 1.29 bits per heavy atom. The second-order valence-corrected chi connectivity index (χ2v) is 12.2. The molecule has 0 aliphatic heterocycles. The van der Waals surface area contributed by atoms with E-state index in [9.17, 15) is 20.1 Å². The molecule has 0 radical (unpaired) electrons. The lowest BCUT2D eigenvalue weighted by atomic mass is 9.33. The maximum absolute atomic E-state index is 10.9. The minimum Gasteiger partial charge on any atom is -0.427 e. The minimum atomic E-state index is -1.86. The van der Waals surface area contributed by atoms with E-state index in [4.69, 9.17) is 46.4 Å². The number of hydrogen-bond acceptors (Lipinski definition) is 4. The number of rotatable bonds is 17. The SMILES string of the molecule is CCCCC(Cl)(B(O)O)C(CCCC)(CCCC)C(CCCC)(CC(Cl)(Cl)Cl)B(O)O. The summed E-state index contributed by atoms with van der Waals surface area (Å²) in [5.41, 5.74) is -1.07. The first-order valence-corrected chi connectivity index (χ1v) is 13.3. The van der Waals surface area contributed by atoms with Crippen molar-refractivity contribution in [2.24, 2.45) is 5.41 Å². The summed E-state index contributed by atoms with van der Waals surface area (Å²) in [4.78, 5) is 0. The van der Waals surface area contributed by atoms with Crippen LogP contribution in [0, 0.1) is 5.41 Å². The van der Waals surface area contributed by atoms with Crippen LogP contribution in [0.3, 0.4) is 0 Å². The molecule has 2 atom stereocenters. The highest BCUT2D eigenvalue weighted by atomic mass is 35.6. The van der Waals surface area contributed by atoms with Crippen molar-refractivity contribution in [3.63, 3.8) is 0 Å². The molecule has 0 aromatic carbocycles. The van der Waals surface area contributed by atoms with Gasteiger partial charge in [-0.25, -0.2) is 0 Å². The van der Waals surface area contributed by atoms with Crippen LogP contribution in [-0.2, 0) is 0 Å². The van der Waals surface area contributed by atoms with Gasteiger partial charge < -0.3 is 20.1 Å². The molecule has 184 valence electrons. The van der Waals surface area contributed by atoms with Crippen molar-refractivity contribution in [2.75, 3.05) is 0 Å².